The van der Waals surface area contributed by atoms with Gasteiger partial charge in [-0.15, -0.1) is 0 Å². The second-order valence-corrected chi connectivity index (χ2v) is 6.95. The summed E-state index contributed by atoms with van der Waals surface area (Å²) < 4.78 is 32.9. The van der Waals surface area contributed by atoms with Gasteiger partial charge in [-0.2, -0.15) is 0 Å². The van der Waals surface area contributed by atoms with E-state index in [2.05, 4.69) is 0 Å². The fourth-order valence-corrected chi connectivity index (χ4v) is 3.87. The van der Waals surface area contributed by atoms with Crippen molar-refractivity contribution in [3.8, 4) is 34.5 Å². The molecule has 3 rings (SSSR count). The summed E-state index contributed by atoms with van der Waals surface area (Å²) in [5.41, 5.74) is 1.88. The largest absolute Gasteiger partial charge is 0.504 e. The van der Waals surface area contributed by atoms with Crippen LogP contribution in [0.1, 0.15) is 11.1 Å². The average Bonchev–Trinajstić information content (AvgIpc) is 2.85. The van der Waals surface area contributed by atoms with Gasteiger partial charge in [-0.25, -0.2) is 0 Å². The highest BCUT2D eigenvalue weighted by molar-refractivity contribution is 6.07. The Morgan fingerprint density at radius 2 is 1.03 bits per heavy atom. The van der Waals surface area contributed by atoms with E-state index in [0.717, 1.165) is 0 Å². The van der Waals surface area contributed by atoms with Gasteiger partial charge in [-0.3, -0.25) is 4.79 Å². The minimum Gasteiger partial charge on any atom is -0.504 e. The van der Waals surface area contributed by atoms with E-state index >= 15 is 0 Å². The standard InChI is InChI=1S/C25H26O9/c1-29-20-13(7-10-16(26)23(20)32-4)19(14-8-11-17(27)24(33-5)21(14)30-2)15-9-12-18(28)25(34-6)22(15)31-3/h7-12,26-27H,1-6H3. The Bertz CT molecular complexity index is 1140. The Morgan fingerprint density at radius 1 is 0.588 bits per heavy atom. The van der Waals surface area contributed by atoms with E-state index in [-0.39, 0.29) is 51.8 Å². The number of rotatable bonds is 8. The van der Waals surface area contributed by atoms with Crippen molar-refractivity contribution in [3.63, 3.8) is 0 Å². The van der Waals surface area contributed by atoms with Gasteiger partial charge in [0.2, 0.25) is 23.0 Å². The Hall–Kier alpha value is -4.27. The third-order valence-electron chi connectivity index (χ3n) is 5.29. The molecule has 2 aromatic carbocycles. The molecule has 0 saturated heterocycles. The molecule has 0 heterocycles. The predicted octanol–water partition coefficient (Wildman–Crippen LogP) is 3.58. The second-order valence-electron chi connectivity index (χ2n) is 6.95. The molecular weight excluding hydrogens is 444 g/mol. The Labute approximate surface area is 197 Å². The molecule has 2 aromatic rings. The van der Waals surface area contributed by atoms with Crippen LogP contribution in [0.15, 0.2) is 53.5 Å². The Morgan fingerprint density at radius 3 is 1.41 bits per heavy atom. The monoisotopic (exact) mass is 470 g/mol. The molecule has 9 heteroatoms. The topological polar surface area (TPSA) is 113 Å². The van der Waals surface area contributed by atoms with Crippen LogP contribution < -0.4 is 18.9 Å². The van der Waals surface area contributed by atoms with Crippen molar-refractivity contribution < 1.29 is 43.4 Å². The quantitative estimate of drug-likeness (QED) is 0.598. The first-order valence-corrected chi connectivity index (χ1v) is 10.1. The summed E-state index contributed by atoms with van der Waals surface area (Å²) in [6.07, 6.45) is 2.93. The van der Waals surface area contributed by atoms with Crippen LogP contribution in [-0.2, 0) is 14.3 Å². The zero-order valence-corrected chi connectivity index (χ0v) is 19.7. The van der Waals surface area contributed by atoms with Crippen molar-refractivity contribution in [1.29, 1.82) is 0 Å². The van der Waals surface area contributed by atoms with E-state index in [1.54, 1.807) is 18.2 Å². The highest BCUT2D eigenvalue weighted by atomic mass is 16.5. The number of allylic oxidation sites excluding steroid dienone is 2. The Kier molecular flexibility index (Phi) is 7.25. The molecule has 0 fully saturated rings. The third-order valence-corrected chi connectivity index (χ3v) is 5.29. The van der Waals surface area contributed by atoms with Crippen LogP contribution in [0.4, 0.5) is 0 Å². The lowest BCUT2D eigenvalue weighted by atomic mass is 9.87. The van der Waals surface area contributed by atoms with E-state index in [9.17, 15) is 15.0 Å². The van der Waals surface area contributed by atoms with Crippen molar-refractivity contribution >= 4 is 11.4 Å². The van der Waals surface area contributed by atoms with Crippen LogP contribution in [0, 0.1) is 0 Å². The highest BCUT2D eigenvalue weighted by Gasteiger charge is 2.31. The number of hydrogen-bond donors (Lipinski definition) is 2. The van der Waals surface area contributed by atoms with Gasteiger partial charge in [-0.1, -0.05) is 0 Å². The number of phenols is 2. The van der Waals surface area contributed by atoms with Crippen LogP contribution in [-0.4, -0.2) is 58.7 Å². The number of ether oxygens (including phenoxy) is 6. The molecule has 0 amide bonds. The van der Waals surface area contributed by atoms with Gasteiger partial charge in [0.1, 0.15) is 0 Å². The molecule has 0 unspecified atom stereocenters. The zero-order chi connectivity index (χ0) is 25.0. The first-order chi connectivity index (χ1) is 16.4. The number of aromatic hydroxyl groups is 2. The fraction of sp³-hybridized carbons (Fsp3) is 0.240. The molecule has 9 nitrogen and oxygen atoms in total. The lowest BCUT2D eigenvalue weighted by Crippen LogP contribution is -2.14. The maximum Gasteiger partial charge on any atom is 0.224 e. The van der Waals surface area contributed by atoms with Gasteiger partial charge in [-0.05, 0) is 36.4 Å². The first-order valence-electron chi connectivity index (χ1n) is 10.1. The summed E-state index contributed by atoms with van der Waals surface area (Å²) in [6.45, 7) is 0. The SMILES string of the molecule is COC1=C(OC)C(=C(c2ccc(O)c(OC)c2OC)c2ccc(O)c(OC)c2OC)C=CC1=O. The number of ketones is 1. The van der Waals surface area contributed by atoms with Gasteiger partial charge in [0.15, 0.2) is 28.8 Å². The molecule has 34 heavy (non-hydrogen) atoms. The van der Waals surface area contributed by atoms with Crippen molar-refractivity contribution in [2.24, 2.45) is 0 Å². The van der Waals surface area contributed by atoms with Crippen molar-refractivity contribution in [3.05, 3.63) is 64.6 Å². The predicted molar refractivity (Wildman–Crippen MR) is 124 cm³/mol. The van der Waals surface area contributed by atoms with Crippen LogP contribution in [0.3, 0.4) is 0 Å². The summed E-state index contributed by atoms with van der Waals surface area (Å²) in [7, 11) is 8.47. The summed E-state index contributed by atoms with van der Waals surface area (Å²) in [6, 6.07) is 6.16. The number of hydrogen-bond acceptors (Lipinski definition) is 9. The highest BCUT2D eigenvalue weighted by Crippen LogP contribution is 2.50. The van der Waals surface area contributed by atoms with Crippen molar-refractivity contribution in [2.75, 3.05) is 42.7 Å². The lowest BCUT2D eigenvalue weighted by Gasteiger charge is -2.24. The minimum absolute atomic E-state index is 0.00641. The minimum atomic E-state index is -0.368. The third kappa shape index (κ3) is 3.96. The van der Waals surface area contributed by atoms with Gasteiger partial charge in [0, 0.05) is 22.3 Å². The van der Waals surface area contributed by atoms with E-state index in [1.807, 2.05) is 0 Å². The molecule has 0 aliphatic heterocycles. The molecule has 1 aliphatic rings. The van der Waals surface area contributed by atoms with Gasteiger partial charge in [0.25, 0.3) is 0 Å². The molecule has 0 spiro atoms. The maximum absolute atomic E-state index is 12.4. The van der Waals surface area contributed by atoms with Crippen molar-refractivity contribution in [1.82, 2.24) is 0 Å². The van der Waals surface area contributed by atoms with Crippen LogP contribution in [0.2, 0.25) is 0 Å². The molecule has 0 radical (unpaired) electrons. The maximum atomic E-state index is 12.4. The van der Waals surface area contributed by atoms with Crippen molar-refractivity contribution in [2.45, 2.75) is 0 Å². The normalized spacial score (nSPS) is 13.0. The lowest BCUT2D eigenvalue weighted by molar-refractivity contribution is -0.114. The van der Waals surface area contributed by atoms with Gasteiger partial charge >= 0.3 is 0 Å². The molecular formula is C25H26O9. The van der Waals surface area contributed by atoms with E-state index in [0.29, 0.717) is 22.3 Å². The number of phenolic OH excluding ortho intramolecular Hbond substituents is 2. The van der Waals surface area contributed by atoms with E-state index in [1.165, 1.54) is 60.9 Å². The molecule has 2 N–H and O–H groups in total. The average molecular weight is 470 g/mol. The van der Waals surface area contributed by atoms with Crippen LogP contribution in [0.5, 0.6) is 34.5 Å². The second kappa shape index (κ2) is 10.1. The number of carbonyl (C=O) groups is 1. The summed E-state index contributed by atoms with van der Waals surface area (Å²) in [5, 5.41) is 20.7. The smallest absolute Gasteiger partial charge is 0.224 e. The zero-order valence-electron chi connectivity index (χ0n) is 19.7. The summed E-state index contributed by atoms with van der Waals surface area (Å²) in [5.74, 6) is 0.210. The fourth-order valence-electron chi connectivity index (χ4n) is 3.87. The van der Waals surface area contributed by atoms with Gasteiger partial charge < -0.3 is 38.6 Å². The molecule has 0 atom stereocenters. The van der Waals surface area contributed by atoms with E-state index < -0.39 is 0 Å². The number of methoxy groups -OCH3 is 6. The summed E-state index contributed by atoms with van der Waals surface area (Å²) in [4.78, 5) is 12.4. The molecule has 1 aliphatic carbocycles. The first kappa shape index (κ1) is 24.4. The molecule has 0 bridgehead atoms. The Balaban J connectivity index is 2.57. The summed E-state index contributed by atoms with van der Waals surface area (Å²) >= 11 is 0. The van der Waals surface area contributed by atoms with E-state index in [4.69, 9.17) is 28.4 Å². The molecule has 180 valence electrons. The molecule has 0 aromatic heterocycles. The number of benzene rings is 2. The van der Waals surface area contributed by atoms with Crippen LogP contribution in [0.25, 0.3) is 5.57 Å². The molecule has 0 saturated carbocycles. The van der Waals surface area contributed by atoms with Gasteiger partial charge in [0.05, 0.1) is 42.7 Å². The number of carbonyl (C=O) groups excluding carboxylic acids is 1. The van der Waals surface area contributed by atoms with Crippen LogP contribution >= 0.6 is 0 Å².